The molecule has 0 aromatic heterocycles. The number of nitrogens with zero attached hydrogens (tertiary/aromatic N) is 1. The number of ether oxygens (including phenoxy) is 1. The Bertz CT molecular complexity index is 147. The van der Waals surface area contributed by atoms with E-state index in [-0.39, 0.29) is 18.5 Å². The van der Waals surface area contributed by atoms with Gasteiger partial charge < -0.3 is 9.64 Å². The minimum atomic E-state index is -0.350. The predicted molar refractivity (Wildman–Crippen MR) is 63.0 cm³/mol. The first-order chi connectivity index (χ1) is 6.16. The molecule has 0 unspecified atom stereocenters. The SMILES string of the molecule is CCOC(=O)NSCCCN(C)C.Cl. The van der Waals surface area contributed by atoms with Crippen LogP contribution in [0.4, 0.5) is 4.79 Å². The number of nitrogens with one attached hydrogen (secondary N) is 1. The van der Waals surface area contributed by atoms with Gasteiger partial charge in [-0.25, -0.2) is 4.79 Å². The van der Waals surface area contributed by atoms with Crippen LogP contribution in [0, 0.1) is 0 Å². The molecule has 0 fully saturated rings. The molecule has 0 aliphatic rings. The van der Waals surface area contributed by atoms with Crippen LogP contribution in [-0.4, -0.2) is 44.0 Å². The topological polar surface area (TPSA) is 41.6 Å². The van der Waals surface area contributed by atoms with Gasteiger partial charge in [0.1, 0.15) is 0 Å². The van der Waals surface area contributed by atoms with E-state index in [1.54, 1.807) is 6.92 Å². The standard InChI is InChI=1S/C8H18N2O2S.ClH/c1-4-12-8(11)9-13-7-5-6-10(2)3;/h4-7H2,1-3H3,(H,9,11);1H. The van der Waals surface area contributed by atoms with Crippen molar-refractivity contribution in [1.29, 1.82) is 0 Å². The third kappa shape index (κ3) is 11.9. The number of carbonyl (C=O) groups excluding carboxylic acids is 1. The van der Waals surface area contributed by atoms with Crippen LogP contribution in [-0.2, 0) is 4.74 Å². The van der Waals surface area contributed by atoms with E-state index in [2.05, 4.69) is 14.4 Å². The summed E-state index contributed by atoms with van der Waals surface area (Å²) in [6, 6.07) is 0. The molecule has 0 aliphatic carbocycles. The Morgan fingerprint density at radius 3 is 2.64 bits per heavy atom. The lowest BCUT2D eigenvalue weighted by molar-refractivity contribution is 0.159. The van der Waals surface area contributed by atoms with E-state index >= 15 is 0 Å². The van der Waals surface area contributed by atoms with E-state index in [0.29, 0.717) is 6.61 Å². The summed E-state index contributed by atoms with van der Waals surface area (Å²) in [5.41, 5.74) is 0. The molecule has 6 heteroatoms. The summed E-state index contributed by atoms with van der Waals surface area (Å²) in [6.07, 6.45) is 0.710. The lowest BCUT2D eigenvalue weighted by Crippen LogP contribution is -2.19. The van der Waals surface area contributed by atoms with E-state index in [1.165, 1.54) is 11.9 Å². The maximum absolute atomic E-state index is 10.8. The van der Waals surface area contributed by atoms with Gasteiger partial charge in [0.2, 0.25) is 0 Å². The smallest absolute Gasteiger partial charge is 0.417 e. The molecule has 0 heterocycles. The molecule has 86 valence electrons. The van der Waals surface area contributed by atoms with Gasteiger partial charge in [-0.2, -0.15) is 0 Å². The zero-order valence-corrected chi connectivity index (χ0v) is 10.5. The average molecular weight is 243 g/mol. The number of carbonyl (C=O) groups is 1. The van der Waals surface area contributed by atoms with Gasteiger partial charge in [-0.1, -0.05) is 0 Å². The Kier molecular flexibility index (Phi) is 12.8. The van der Waals surface area contributed by atoms with Crippen molar-refractivity contribution in [2.45, 2.75) is 13.3 Å². The van der Waals surface area contributed by atoms with Crippen molar-refractivity contribution in [2.24, 2.45) is 0 Å². The lowest BCUT2D eigenvalue weighted by Gasteiger charge is -2.08. The second kappa shape index (κ2) is 10.9. The van der Waals surface area contributed by atoms with E-state index < -0.39 is 0 Å². The highest BCUT2D eigenvalue weighted by Crippen LogP contribution is 1.97. The molecule has 0 rings (SSSR count). The van der Waals surface area contributed by atoms with Crippen molar-refractivity contribution >= 4 is 30.4 Å². The molecule has 0 aliphatic heterocycles. The van der Waals surface area contributed by atoms with Gasteiger partial charge >= 0.3 is 6.09 Å². The molecule has 4 nitrogen and oxygen atoms in total. The van der Waals surface area contributed by atoms with E-state index in [4.69, 9.17) is 0 Å². The second-order valence-electron chi connectivity index (χ2n) is 2.83. The molecule has 0 spiro atoms. The van der Waals surface area contributed by atoms with Crippen molar-refractivity contribution in [1.82, 2.24) is 9.62 Å². The predicted octanol–water partition coefficient (Wildman–Crippen LogP) is 1.75. The van der Waals surface area contributed by atoms with Crippen LogP contribution < -0.4 is 4.72 Å². The third-order valence-electron chi connectivity index (χ3n) is 1.28. The van der Waals surface area contributed by atoms with Crippen molar-refractivity contribution in [3.63, 3.8) is 0 Å². The van der Waals surface area contributed by atoms with Crippen molar-refractivity contribution in [2.75, 3.05) is 33.0 Å². The molecular formula is C8H19ClN2O2S. The molecule has 1 N–H and O–H groups in total. The summed E-state index contributed by atoms with van der Waals surface area (Å²) in [7, 11) is 4.06. The molecular weight excluding hydrogens is 224 g/mol. The minimum Gasteiger partial charge on any atom is -0.449 e. The van der Waals surface area contributed by atoms with Crippen molar-refractivity contribution in [3.05, 3.63) is 0 Å². The normalized spacial score (nSPS) is 9.43. The first-order valence-electron chi connectivity index (χ1n) is 4.36. The molecule has 0 saturated carbocycles. The summed E-state index contributed by atoms with van der Waals surface area (Å²) in [5.74, 6) is 0.914. The number of hydrogen-bond acceptors (Lipinski definition) is 4. The third-order valence-corrected chi connectivity index (χ3v) is 2.09. The number of halogens is 1. The lowest BCUT2D eigenvalue weighted by atomic mass is 10.5. The Morgan fingerprint density at radius 1 is 1.50 bits per heavy atom. The molecule has 1 amide bonds. The molecule has 0 saturated heterocycles. The van der Waals surface area contributed by atoms with E-state index in [0.717, 1.165) is 18.7 Å². The van der Waals surface area contributed by atoms with Gasteiger partial charge in [0.25, 0.3) is 0 Å². The van der Waals surface area contributed by atoms with Crippen LogP contribution in [0.5, 0.6) is 0 Å². The summed E-state index contributed by atoms with van der Waals surface area (Å²) < 4.78 is 7.28. The van der Waals surface area contributed by atoms with Crippen molar-refractivity contribution in [3.8, 4) is 0 Å². The van der Waals surface area contributed by atoms with Crippen LogP contribution in [0.25, 0.3) is 0 Å². The number of amides is 1. The molecule has 14 heavy (non-hydrogen) atoms. The van der Waals surface area contributed by atoms with Crippen LogP contribution in [0.1, 0.15) is 13.3 Å². The zero-order valence-electron chi connectivity index (χ0n) is 8.91. The van der Waals surface area contributed by atoms with Gasteiger partial charge in [-0.3, -0.25) is 4.72 Å². The first-order valence-corrected chi connectivity index (χ1v) is 5.34. The Hall–Kier alpha value is -0.130. The van der Waals surface area contributed by atoms with Gasteiger partial charge in [-0.15, -0.1) is 12.4 Å². The maximum atomic E-state index is 10.8. The van der Waals surface area contributed by atoms with Gasteiger partial charge in [-0.05, 0) is 45.9 Å². The second-order valence-corrected chi connectivity index (χ2v) is 3.73. The van der Waals surface area contributed by atoms with Gasteiger partial charge in [0, 0.05) is 5.75 Å². The Labute approximate surface area is 96.3 Å². The quantitative estimate of drug-likeness (QED) is 0.569. The van der Waals surface area contributed by atoms with E-state index in [1.807, 2.05) is 14.1 Å². The number of rotatable bonds is 6. The van der Waals surface area contributed by atoms with Crippen LogP contribution in [0.15, 0.2) is 0 Å². The number of hydrogen-bond donors (Lipinski definition) is 1. The molecule has 0 atom stereocenters. The molecule has 0 aromatic carbocycles. The van der Waals surface area contributed by atoms with Crippen LogP contribution in [0.2, 0.25) is 0 Å². The van der Waals surface area contributed by atoms with Crippen LogP contribution in [0.3, 0.4) is 0 Å². The fourth-order valence-corrected chi connectivity index (χ4v) is 1.28. The minimum absolute atomic E-state index is 0. The highest BCUT2D eigenvalue weighted by atomic mass is 35.5. The summed E-state index contributed by atoms with van der Waals surface area (Å²) >= 11 is 1.39. The highest BCUT2D eigenvalue weighted by molar-refractivity contribution is 7.97. The monoisotopic (exact) mass is 242 g/mol. The van der Waals surface area contributed by atoms with Gasteiger partial charge in [0.05, 0.1) is 6.61 Å². The Balaban J connectivity index is 0. The molecule has 0 radical (unpaired) electrons. The molecule has 0 bridgehead atoms. The van der Waals surface area contributed by atoms with E-state index in [9.17, 15) is 4.79 Å². The van der Waals surface area contributed by atoms with Gasteiger partial charge in [0.15, 0.2) is 0 Å². The highest BCUT2D eigenvalue weighted by Gasteiger charge is 1.98. The zero-order chi connectivity index (χ0) is 10.1. The maximum Gasteiger partial charge on any atom is 0.417 e. The van der Waals surface area contributed by atoms with Crippen LogP contribution >= 0.6 is 24.4 Å². The summed E-state index contributed by atoms with van der Waals surface area (Å²) in [4.78, 5) is 12.9. The Morgan fingerprint density at radius 2 is 2.14 bits per heavy atom. The summed E-state index contributed by atoms with van der Waals surface area (Å²) in [6.45, 7) is 3.25. The fourth-order valence-electron chi connectivity index (χ4n) is 0.723. The molecule has 0 aromatic rings. The first kappa shape index (κ1) is 16.3. The summed E-state index contributed by atoms with van der Waals surface area (Å²) in [5, 5.41) is 0. The fraction of sp³-hybridized carbons (Fsp3) is 0.875. The average Bonchev–Trinajstić information content (AvgIpc) is 2.03. The van der Waals surface area contributed by atoms with Crippen molar-refractivity contribution < 1.29 is 9.53 Å². The largest absolute Gasteiger partial charge is 0.449 e.